The first-order valence-corrected chi connectivity index (χ1v) is 8.45. The molecule has 0 atom stereocenters. The lowest BCUT2D eigenvalue weighted by Gasteiger charge is -2.12. The summed E-state index contributed by atoms with van der Waals surface area (Å²) in [7, 11) is 6.00. The number of guanidine groups is 1. The van der Waals surface area contributed by atoms with Crippen molar-refractivity contribution in [1.82, 2.24) is 15.5 Å². The van der Waals surface area contributed by atoms with E-state index in [0.29, 0.717) is 6.54 Å². The van der Waals surface area contributed by atoms with Gasteiger partial charge in [0.25, 0.3) is 0 Å². The predicted molar refractivity (Wildman–Crippen MR) is 112 cm³/mol. The Hall–Kier alpha value is -0.890. The zero-order chi connectivity index (χ0) is 16.9. The van der Waals surface area contributed by atoms with Crippen LogP contribution in [0.2, 0.25) is 0 Å². The van der Waals surface area contributed by atoms with E-state index in [-0.39, 0.29) is 29.8 Å². The lowest BCUT2D eigenvalue weighted by Crippen LogP contribution is -2.37. The van der Waals surface area contributed by atoms with E-state index in [1.165, 1.54) is 44.4 Å². The Morgan fingerprint density at radius 2 is 1.62 bits per heavy atom. The van der Waals surface area contributed by atoms with E-state index >= 15 is 0 Å². The zero-order valence-corrected chi connectivity index (χ0v) is 17.5. The molecular formula is C18H32FIN4. The summed E-state index contributed by atoms with van der Waals surface area (Å²) in [6.07, 6.45) is 6.27. The standard InChI is InChI=1S/C18H31FN4.HI/c1-20-18(22-15-16-9-11-17(19)12-10-16)21-13-7-5-4-6-8-14-23(2)3;/h9-12H,4-8,13-15H2,1-3H3,(H2,20,21,22);1H. The lowest BCUT2D eigenvalue weighted by atomic mass is 10.1. The average molecular weight is 450 g/mol. The summed E-state index contributed by atoms with van der Waals surface area (Å²) in [5, 5.41) is 6.56. The summed E-state index contributed by atoms with van der Waals surface area (Å²) in [6.45, 7) is 2.75. The highest BCUT2D eigenvalue weighted by atomic mass is 127. The fraction of sp³-hybridized carbons (Fsp3) is 0.611. The number of rotatable bonds is 10. The van der Waals surface area contributed by atoms with Gasteiger partial charge >= 0.3 is 0 Å². The van der Waals surface area contributed by atoms with Crippen molar-refractivity contribution in [2.75, 3.05) is 34.2 Å². The first-order valence-electron chi connectivity index (χ1n) is 8.45. The van der Waals surface area contributed by atoms with E-state index in [9.17, 15) is 4.39 Å². The largest absolute Gasteiger partial charge is 0.356 e. The number of hydrogen-bond donors (Lipinski definition) is 2. The van der Waals surface area contributed by atoms with Crippen LogP contribution in [-0.4, -0.2) is 45.1 Å². The van der Waals surface area contributed by atoms with Gasteiger partial charge in [0.2, 0.25) is 0 Å². The summed E-state index contributed by atoms with van der Waals surface area (Å²) >= 11 is 0. The molecule has 0 fully saturated rings. The molecule has 0 bridgehead atoms. The molecular weight excluding hydrogens is 418 g/mol. The number of nitrogens with one attached hydrogen (secondary N) is 2. The number of aliphatic imine (C=N–C) groups is 1. The molecule has 1 rings (SSSR count). The van der Waals surface area contributed by atoms with Crippen molar-refractivity contribution in [3.05, 3.63) is 35.6 Å². The third kappa shape index (κ3) is 11.6. The molecule has 1 aromatic rings. The van der Waals surface area contributed by atoms with Gasteiger partial charge in [0.15, 0.2) is 5.96 Å². The van der Waals surface area contributed by atoms with E-state index in [1.807, 2.05) is 0 Å². The Kier molecular flexibility index (Phi) is 13.9. The maximum Gasteiger partial charge on any atom is 0.191 e. The zero-order valence-electron chi connectivity index (χ0n) is 15.1. The quantitative estimate of drug-likeness (QED) is 0.248. The molecule has 0 amide bonds. The highest BCUT2D eigenvalue weighted by molar-refractivity contribution is 14.0. The molecule has 0 saturated heterocycles. The van der Waals surface area contributed by atoms with Crippen LogP contribution in [0.1, 0.15) is 37.7 Å². The van der Waals surface area contributed by atoms with Crippen LogP contribution in [0.5, 0.6) is 0 Å². The highest BCUT2D eigenvalue weighted by Gasteiger charge is 1.99. The minimum absolute atomic E-state index is 0. The van der Waals surface area contributed by atoms with Crippen molar-refractivity contribution < 1.29 is 4.39 Å². The van der Waals surface area contributed by atoms with Crippen LogP contribution in [0.15, 0.2) is 29.3 Å². The Bertz CT molecular complexity index is 449. The molecule has 24 heavy (non-hydrogen) atoms. The second-order valence-electron chi connectivity index (χ2n) is 6.05. The second-order valence-corrected chi connectivity index (χ2v) is 6.05. The van der Waals surface area contributed by atoms with Crippen molar-refractivity contribution >= 4 is 29.9 Å². The topological polar surface area (TPSA) is 39.7 Å². The molecule has 0 aliphatic heterocycles. The van der Waals surface area contributed by atoms with E-state index in [2.05, 4.69) is 34.6 Å². The number of unbranched alkanes of at least 4 members (excludes halogenated alkanes) is 4. The average Bonchev–Trinajstić information content (AvgIpc) is 2.54. The van der Waals surface area contributed by atoms with Gasteiger partial charge in [-0.15, -0.1) is 24.0 Å². The molecule has 1 aromatic carbocycles. The monoisotopic (exact) mass is 450 g/mol. The van der Waals surface area contributed by atoms with Crippen LogP contribution in [0.4, 0.5) is 4.39 Å². The van der Waals surface area contributed by atoms with Crippen molar-refractivity contribution in [1.29, 1.82) is 0 Å². The van der Waals surface area contributed by atoms with Gasteiger partial charge in [-0.2, -0.15) is 0 Å². The van der Waals surface area contributed by atoms with Crippen LogP contribution in [-0.2, 0) is 6.54 Å². The SMILES string of the molecule is CN=C(NCCCCCCCN(C)C)NCc1ccc(F)cc1.I. The molecule has 0 saturated carbocycles. The molecule has 2 N–H and O–H groups in total. The Morgan fingerprint density at radius 1 is 1.00 bits per heavy atom. The van der Waals surface area contributed by atoms with E-state index in [0.717, 1.165) is 24.5 Å². The molecule has 138 valence electrons. The van der Waals surface area contributed by atoms with Gasteiger partial charge in [0.05, 0.1) is 0 Å². The molecule has 0 aromatic heterocycles. The minimum Gasteiger partial charge on any atom is -0.356 e. The predicted octanol–water partition coefficient (Wildman–Crippen LogP) is 3.62. The van der Waals surface area contributed by atoms with Crippen molar-refractivity contribution in [3.63, 3.8) is 0 Å². The van der Waals surface area contributed by atoms with Gasteiger partial charge in [-0.3, -0.25) is 4.99 Å². The smallest absolute Gasteiger partial charge is 0.191 e. The van der Waals surface area contributed by atoms with E-state index in [1.54, 1.807) is 19.2 Å². The van der Waals surface area contributed by atoms with Crippen LogP contribution >= 0.6 is 24.0 Å². The summed E-state index contributed by atoms with van der Waals surface area (Å²) in [4.78, 5) is 6.44. The number of nitrogens with zero attached hydrogens (tertiary/aromatic N) is 2. The lowest BCUT2D eigenvalue weighted by molar-refractivity contribution is 0.389. The molecule has 0 aliphatic carbocycles. The number of benzene rings is 1. The summed E-state index contributed by atoms with van der Waals surface area (Å²) in [6, 6.07) is 6.51. The van der Waals surface area contributed by atoms with Gasteiger partial charge in [-0.05, 0) is 51.2 Å². The molecule has 0 radical (unpaired) electrons. The van der Waals surface area contributed by atoms with Gasteiger partial charge in [0.1, 0.15) is 5.82 Å². The minimum atomic E-state index is -0.207. The second kappa shape index (κ2) is 14.5. The van der Waals surface area contributed by atoms with Crippen LogP contribution in [0, 0.1) is 5.82 Å². The first-order chi connectivity index (χ1) is 11.1. The van der Waals surface area contributed by atoms with Crippen LogP contribution < -0.4 is 10.6 Å². The van der Waals surface area contributed by atoms with Crippen LogP contribution in [0.25, 0.3) is 0 Å². The van der Waals surface area contributed by atoms with Gasteiger partial charge in [-0.1, -0.05) is 31.4 Å². The van der Waals surface area contributed by atoms with E-state index in [4.69, 9.17) is 0 Å². The third-order valence-electron chi connectivity index (χ3n) is 3.67. The summed E-state index contributed by atoms with van der Waals surface area (Å²) in [5.74, 6) is 0.587. The van der Waals surface area contributed by atoms with Crippen molar-refractivity contribution in [2.24, 2.45) is 4.99 Å². The molecule has 0 heterocycles. The fourth-order valence-electron chi connectivity index (χ4n) is 2.30. The number of hydrogen-bond acceptors (Lipinski definition) is 2. The molecule has 4 nitrogen and oxygen atoms in total. The normalized spacial score (nSPS) is 11.3. The fourth-order valence-corrected chi connectivity index (χ4v) is 2.30. The molecule has 0 spiro atoms. The van der Waals surface area contributed by atoms with Crippen molar-refractivity contribution in [3.8, 4) is 0 Å². The Labute approximate surface area is 163 Å². The maximum atomic E-state index is 12.8. The number of halogens is 2. The highest BCUT2D eigenvalue weighted by Crippen LogP contribution is 2.03. The van der Waals surface area contributed by atoms with Gasteiger partial charge in [0, 0.05) is 20.1 Å². The van der Waals surface area contributed by atoms with Gasteiger partial charge < -0.3 is 15.5 Å². The van der Waals surface area contributed by atoms with Crippen molar-refractivity contribution in [2.45, 2.75) is 38.6 Å². The van der Waals surface area contributed by atoms with Crippen LogP contribution in [0.3, 0.4) is 0 Å². The summed E-state index contributed by atoms with van der Waals surface area (Å²) < 4.78 is 12.8. The summed E-state index contributed by atoms with van der Waals surface area (Å²) in [5.41, 5.74) is 1.04. The Balaban J connectivity index is 0.00000529. The maximum absolute atomic E-state index is 12.8. The molecule has 0 aliphatic rings. The Morgan fingerprint density at radius 3 is 2.25 bits per heavy atom. The van der Waals surface area contributed by atoms with E-state index < -0.39 is 0 Å². The molecule has 6 heteroatoms. The first kappa shape index (κ1) is 23.1. The molecule has 0 unspecified atom stereocenters. The third-order valence-corrected chi connectivity index (χ3v) is 3.67. The van der Waals surface area contributed by atoms with Gasteiger partial charge in [-0.25, -0.2) is 4.39 Å².